The first-order valence-electron chi connectivity index (χ1n) is 3.15. The van der Waals surface area contributed by atoms with Crippen LogP contribution >= 0.6 is 0 Å². The van der Waals surface area contributed by atoms with Crippen LogP contribution in [-0.2, 0) is 0 Å². The Labute approximate surface area is 57.5 Å². The Morgan fingerprint density at radius 1 is 1.44 bits per heavy atom. The summed E-state index contributed by atoms with van der Waals surface area (Å²) in [4.78, 5) is 3.69. The van der Waals surface area contributed by atoms with Crippen molar-refractivity contribution >= 4 is 6.21 Å². The number of hydrogen-bond donors (Lipinski definition) is 1. The molecule has 9 heavy (non-hydrogen) atoms. The Morgan fingerprint density at radius 2 is 1.89 bits per heavy atom. The standard InChI is InChI=1S/C5H10N2.C2H6/c1-3-5(6)4-7-2;1-2/h3-4H,6H2,1-2H3;1-2H3/b5-3+,7-4?;. The van der Waals surface area contributed by atoms with E-state index in [0.29, 0.717) is 5.70 Å². The van der Waals surface area contributed by atoms with Gasteiger partial charge in [-0.15, -0.1) is 0 Å². The predicted octanol–water partition coefficient (Wildman–Crippen LogP) is 1.58. The van der Waals surface area contributed by atoms with Crippen molar-refractivity contribution in [2.75, 3.05) is 7.05 Å². The van der Waals surface area contributed by atoms with Crippen LogP contribution in [0.5, 0.6) is 0 Å². The molecular formula is C7H16N2. The lowest BCUT2D eigenvalue weighted by molar-refractivity contribution is 1.40. The lowest BCUT2D eigenvalue weighted by Gasteiger charge is -1.82. The zero-order chi connectivity index (χ0) is 7.70. The Hall–Kier alpha value is -0.790. The third kappa shape index (κ3) is 11.0. The molecule has 0 amide bonds. The predicted molar refractivity (Wildman–Crippen MR) is 43.7 cm³/mol. The molecule has 0 aromatic carbocycles. The molecule has 2 nitrogen and oxygen atoms in total. The minimum atomic E-state index is 0.711. The van der Waals surface area contributed by atoms with Gasteiger partial charge in [0, 0.05) is 19.0 Å². The van der Waals surface area contributed by atoms with Crippen molar-refractivity contribution in [1.82, 2.24) is 0 Å². The minimum Gasteiger partial charge on any atom is -0.398 e. The second kappa shape index (κ2) is 10.2. The highest BCUT2D eigenvalue weighted by Gasteiger charge is 1.71. The first-order valence-corrected chi connectivity index (χ1v) is 3.15. The van der Waals surface area contributed by atoms with E-state index in [1.807, 2.05) is 20.8 Å². The lowest BCUT2D eigenvalue weighted by atomic mass is 10.5. The summed E-state index contributed by atoms with van der Waals surface area (Å²) in [5.41, 5.74) is 6.01. The van der Waals surface area contributed by atoms with Gasteiger partial charge in [0.05, 0.1) is 0 Å². The molecule has 0 aromatic rings. The Kier molecular flexibility index (Phi) is 12.6. The summed E-state index contributed by atoms with van der Waals surface area (Å²) in [6, 6.07) is 0. The van der Waals surface area contributed by atoms with Crippen LogP contribution in [0, 0.1) is 0 Å². The van der Waals surface area contributed by atoms with Gasteiger partial charge in [0.2, 0.25) is 0 Å². The minimum absolute atomic E-state index is 0.711. The Morgan fingerprint density at radius 3 is 2.00 bits per heavy atom. The van der Waals surface area contributed by atoms with Crippen molar-refractivity contribution < 1.29 is 0 Å². The summed E-state index contributed by atoms with van der Waals surface area (Å²) in [6.45, 7) is 5.87. The maximum absolute atomic E-state index is 5.30. The molecule has 0 unspecified atom stereocenters. The van der Waals surface area contributed by atoms with E-state index in [-0.39, 0.29) is 0 Å². The molecule has 0 heterocycles. The molecule has 0 bridgehead atoms. The number of nitrogens with two attached hydrogens (primary N) is 1. The van der Waals surface area contributed by atoms with Gasteiger partial charge in [0.25, 0.3) is 0 Å². The van der Waals surface area contributed by atoms with Crippen molar-refractivity contribution in [3.8, 4) is 0 Å². The number of rotatable bonds is 1. The SMILES string of the molecule is C/C=C(/N)C=NC.CC. The fourth-order valence-corrected chi connectivity index (χ4v) is 0.224. The third-order valence-electron chi connectivity index (χ3n) is 0.612. The molecule has 0 rings (SSSR count). The quantitative estimate of drug-likeness (QED) is 0.535. The summed E-state index contributed by atoms with van der Waals surface area (Å²) in [5, 5.41) is 0. The molecule has 2 heteroatoms. The van der Waals surface area contributed by atoms with Crippen molar-refractivity contribution in [1.29, 1.82) is 0 Å². The second-order valence-electron chi connectivity index (χ2n) is 1.18. The van der Waals surface area contributed by atoms with Crippen molar-refractivity contribution in [2.45, 2.75) is 20.8 Å². The smallest absolute Gasteiger partial charge is 0.0452 e. The molecule has 0 atom stereocenters. The number of nitrogens with zero attached hydrogens (tertiary/aromatic N) is 1. The zero-order valence-electron chi connectivity index (χ0n) is 6.68. The molecule has 0 radical (unpaired) electrons. The van der Waals surface area contributed by atoms with E-state index in [2.05, 4.69) is 4.99 Å². The Bertz CT molecular complexity index is 93.1. The van der Waals surface area contributed by atoms with E-state index < -0.39 is 0 Å². The highest BCUT2D eigenvalue weighted by Crippen LogP contribution is 1.72. The normalized spacial score (nSPS) is 10.9. The average Bonchev–Trinajstić information content (AvgIpc) is 1.93. The van der Waals surface area contributed by atoms with Crippen LogP contribution < -0.4 is 5.73 Å². The topological polar surface area (TPSA) is 38.4 Å². The molecule has 0 fully saturated rings. The van der Waals surface area contributed by atoms with Gasteiger partial charge >= 0.3 is 0 Å². The van der Waals surface area contributed by atoms with Crippen LogP contribution in [0.2, 0.25) is 0 Å². The van der Waals surface area contributed by atoms with Gasteiger partial charge in [0.15, 0.2) is 0 Å². The molecule has 2 N–H and O–H groups in total. The van der Waals surface area contributed by atoms with Crippen molar-refractivity contribution in [3.63, 3.8) is 0 Å². The summed E-state index contributed by atoms with van der Waals surface area (Å²) >= 11 is 0. The number of hydrogen-bond acceptors (Lipinski definition) is 2. The maximum atomic E-state index is 5.30. The summed E-state index contributed by atoms with van der Waals surface area (Å²) in [5.74, 6) is 0. The van der Waals surface area contributed by atoms with Crippen LogP contribution in [0.1, 0.15) is 20.8 Å². The molecule has 0 saturated carbocycles. The largest absolute Gasteiger partial charge is 0.398 e. The van der Waals surface area contributed by atoms with Gasteiger partial charge < -0.3 is 5.73 Å². The molecular weight excluding hydrogens is 112 g/mol. The van der Waals surface area contributed by atoms with Gasteiger partial charge in [-0.2, -0.15) is 0 Å². The first kappa shape index (κ1) is 11.1. The number of allylic oxidation sites excluding steroid dienone is 2. The lowest BCUT2D eigenvalue weighted by Crippen LogP contribution is -1.95. The summed E-state index contributed by atoms with van der Waals surface area (Å²) in [6.07, 6.45) is 3.41. The van der Waals surface area contributed by atoms with Gasteiger partial charge in [-0.25, -0.2) is 0 Å². The maximum Gasteiger partial charge on any atom is 0.0452 e. The van der Waals surface area contributed by atoms with Gasteiger partial charge in [-0.1, -0.05) is 19.9 Å². The van der Waals surface area contributed by atoms with Crippen LogP contribution in [0.4, 0.5) is 0 Å². The van der Waals surface area contributed by atoms with E-state index in [9.17, 15) is 0 Å². The molecule has 0 saturated heterocycles. The van der Waals surface area contributed by atoms with Crippen LogP contribution in [-0.4, -0.2) is 13.3 Å². The monoisotopic (exact) mass is 128 g/mol. The van der Waals surface area contributed by atoms with Crippen LogP contribution in [0.15, 0.2) is 16.8 Å². The van der Waals surface area contributed by atoms with E-state index >= 15 is 0 Å². The van der Waals surface area contributed by atoms with E-state index in [1.54, 1.807) is 19.3 Å². The molecule has 0 aromatic heterocycles. The fraction of sp³-hybridized carbons (Fsp3) is 0.571. The summed E-state index contributed by atoms with van der Waals surface area (Å²) < 4.78 is 0. The summed E-state index contributed by atoms with van der Waals surface area (Å²) in [7, 11) is 1.69. The van der Waals surface area contributed by atoms with E-state index in [1.165, 1.54) is 0 Å². The Balaban J connectivity index is 0. The second-order valence-corrected chi connectivity index (χ2v) is 1.18. The molecule has 0 aliphatic heterocycles. The van der Waals surface area contributed by atoms with E-state index in [4.69, 9.17) is 5.73 Å². The third-order valence-corrected chi connectivity index (χ3v) is 0.612. The first-order chi connectivity index (χ1) is 4.31. The van der Waals surface area contributed by atoms with Gasteiger partial charge in [-0.3, -0.25) is 4.99 Å². The molecule has 54 valence electrons. The molecule has 0 aliphatic rings. The van der Waals surface area contributed by atoms with Crippen molar-refractivity contribution in [2.24, 2.45) is 10.7 Å². The molecule has 0 aliphatic carbocycles. The van der Waals surface area contributed by atoms with Gasteiger partial charge in [0.1, 0.15) is 0 Å². The average molecular weight is 128 g/mol. The van der Waals surface area contributed by atoms with Crippen LogP contribution in [0.25, 0.3) is 0 Å². The number of aliphatic imine (C=N–C) groups is 1. The fourth-order valence-electron chi connectivity index (χ4n) is 0.224. The zero-order valence-corrected chi connectivity index (χ0v) is 6.68. The molecule has 0 spiro atoms. The van der Waals surface area contributed by atoms with Crippen molar-refractivity contribution in [3.05, 3.63) is 11.8 Å². The highest BCUT2D eigenvalue weighted by atomic mass is 14.7. The van der Waals surface area contributed by atoms with Crippen LogP contribution in [0.3, 0.4) is 0 Å². The van der Waals surface area contributed by atoms with E-state index in [0.717, 1.165) is 0 Å². The highest BCUT2D eigenvalue weighted by molar-refractivity contribution is 5.76. The van der Waals surface area contributed by atoms with Gasteiger partial charge in [-0.05, 0) is 6.92 Å².